The van der Waals surface area contributed by atoms with Gasteiger partial charge in [0.25, 0.3) is 0 Å². The van der Waals surface area contributed by atoms with Gasteiger partial charge in [-0.2, -0.15) is 0 Å². The van der Waals surface area contributed by atoms with E-state index in [0.717, 1.165) is 0 Å². The molecule has 0 aliphatic rings. The van der Waals surface area contributed by atoms with Crippen LogP contribution in [0.4, 0.5) is 0 Å². The van der Waals surface area contributed by atoms with Crippen molar-refractivity contribution in [2.24, 2.45) is 0 Å². The zero-order chi connectivity index (χ0) is 16.4. The maximum Gasteiger partial charge on any atom is 0.530 e. The zero-order valence-electron chi connectivity index (χ0n) is 12.2. The number of carbonyl (C=O) groups excluding carboxylic acids is 1. The molecule has 0 N–H and O–H groups in total. The predicted octanol–water partition coefficient (Wildman–Crippen LogP) is 3.72. The number of hydrogen-bond donors (Lipinski definition) is 0. The van der Waals surface area contributed by atoms with Crippen LogP contribution in [0.1, 0.15) is 6.92 Å². The van der Waals surface area contributed by atoms with Crippen LogP contribution in [0.5, 0.6) is 5.75 Å². The second kappa shape index (κ2) is 9.79. The van der Waals surface area contributed by atoms with E-state index in [4.69, 9.17) is 18.3 Å². The number of rotatable bonds is 10. The first-order valence-electron chi connectivity index (χ1n) is 6.49. The smallest absolute Gasteiger partial charge is 0.460 e. The van der Waals surface area contributed by atoms with Gasteiger partial charge in [-0.1, -0.05) is 40.7 Å². The van der Waals surface area contributed by atoms with E-state index in [0.29, 0.717) is 11.1 Å². The summed E-state index contributed by atoms with van der Waals surface area (Å²) in [5.74, 6) is -0.178. The van der Waals surface area contributed by atoms with Crippen molar-refractivity contribution < 1.29 is 27.7 Å². The lowest BCUT2D eigenvalue weighted by molar-refractivity contribution is -0.139. The minimum atomic E-state index is -3.79. The van der Waals surface area contributed by atoms with E-state index in [1.165, 1.54) is 6.92 Å². The third-order valence-corrected chi connectivity index (χ3v) is 3.96. The predicted molar refractivity (Wildman–Crippen MR) is 86.1 cm³/mol. The van der Waals surface area contributed by atoms with Crippen molar-refractivity contribution in [1.29, 1.82) is 0 Å². The quantitative estimate of drug-likeness (QED) is 0.198. The van der Waals surface area contributed by atoms with Gasteiger partial charge in [-0.25, -0.2) is 9.36 Å². The van der Waals surface area contributed by atoms with Crippen molar-refractivity contribution in [2.75, 3.05) is 25.2 Å². The monoisotopic (exact) mass is 392 g/mol. The lowest BCUT2D eigenvalue weighted by Crippen LogP contribution is -2.12. The molecule has 0 saturated heterocycles. The fourth-order valence-electron chi connectivity index (χ4n) is 1.25. The topological polar surface area (TPSA) is 71.1 Å². The van der Waals surface area contributed by atoms with Crippen LogP contribution < -0.4 is 4.52 Å². The zero-order valence-corrected chi connectivity index (χ0v) is 14.7. The molecule has 22 heavy (non-hydrogen) atoms. The molecular formula is C14H18BrO6P. The number of phosphoric acid groups is 1. The first-order chi connectivity index (χ1) is 10.5. The number of para-hydroxylation sites is 1. The molecule has 1 rings (SSSR count). The Labute approximate surface area is 138 Å². The molecule has 1 unspecified atom stereocenters. The highest BCUT2D eigenvalue weighted by molar-refractivity contribution is 9.09. The molecule has 0 aromatic heterocycles. The number of alkyl halides is 1. The Kier molecular flexibility index (Phi) is 8.42. The van der Waals surface area contributed by atoms with Gasteiger partial charge >= 0.3 is 13.8 Å². The standard InChI is InChI=1S/C14H18BrO6P/c1-12(2)14(16)18-10-11-20-22(17,19-9-8-15)21-13-6-4-3-5-7-13/h3-7H,1,8-11H2,2H3. The van der Waals surface area contributed by atoms with Gasteiger partial charge in [0.1, 0.15) is 12.4 Å². The second-order valence-electron chi connectivity index (χ2n) is 4.12. The molecule has 0 saturated carbocycles. The Morgan fingerprint density at radius 1 is 1.18 bits per heavy atom. The second-order valence-corrected chi connectivity index (χ2v) is 6.51. The number of halogens is 1. The fourth-order valence-corrected chi connectivity index (χ4v) is 2.84. The molecule has 1 aromatic rings. The Morgan fingerprint density at radius 3 is 2.41 bits per heavy atom. The van der Waals surface area contributed by atoms with Crippen LogP contribution >= 0.6 is 23.8 Å². The van der Waals surface area contributed by atoms with Crippen molar-refractivity contribution in [3.8, 4) is 5.75 Å². The Balaban J connectivity index is 2.54. The number of carbonyl (C=O) groups is 1. The summed E-state index contributed by atoms with van der Waals surface area (Å²) in [6.07, 6.45) is 0. The van der Waals surface area contributed by atoms with Crippen LogP contribution in [-0.2, 0) is 23.1 Å². The molecule has 1 aromatic carbocycles. The first-order valence-corrected chi connectivity index (χ1v) is 9.07. The normalized spacial score (nSPS) is 13.2. The van der Waals surface area contributed by atoms with Gasteiger partial charge in [-0.05, 0) is 19.1 Å². The molecule has 0 amide bonds. The maximum atomic E-state index is 12.5. The van der Waals surface area contributed by atoms with Gasteiger partial charge in [0, 0.05) is 10.9 Å². The average molecular weight is 393 g/mol. The van der Waals surface area contributed by atoms with Gasteiger partial charge in [0.15, 0.2) is 0 Å². The van der Waals surface area contributed by atoms with Crippen LogP contribution in [0.2, 0.25) is 0 Å². The third-order valence-electron chi connectivity index (χ3n) is 2.20. The summed E-state index contributed by atoms with van der Waals surface area (Å²) in [4.78, 5) is 11.2. The number of phosphoric ester groups is 1. The summed E-state index contributed by atoms with van der Waals surface area (Å²) in [7, 11) is -3.79. The van der Waals surface area contributed by atoms with E-state index >= 15 is 0 Å². The average Bonchev–Trinajstić information content (AvgIpc) is 2.50. The molecule has 0 fully saturated rings. The van der Waals surface area contributed by atoms with Crippen LogP contribution in [0.3, 0.4) is 0 Å². The SMILES string of the molecule is C=C(C)C(=O)OCCOP(=O)(OCCBr)Oc1ccccc1. The highest BCUT2D eigenvalue weighted by Crippen LogP contribution is 2.49. The number of ether oxygens (including phenoxy) is 1. The summed E-state index contributed by atoms with van der Waals surface area (Å²) >= 11 is 3.17. The first kappa shape index (κ1) is 18.9. The molecule has 122 valence electrons. The molecule has 0 aliphatic carbocycles. The van der Waals surface area contributed by atoms with E-state index < -0.39 is 13.8 Å². The molecule has 8 heteroatoms. The Hall–Kier alpha value is -1.14. The van der Waals surface area contributed by atoms with Gasteiger partial charge in [0.2, 0.25) is 0 Å². The van der Waals surface area contributed by atoms with E-state index in [2.05, 4.69) is 22.5 Å². The van der Waals surface area contributed by atoms with Crippen LogP contribution in [-0.4, -0.2) is 31.1 Å². The molecule has 0 bridgehead atoms. The Morgan fingerprint density at radius 2 is 1.82 bits per heavy atom. The minimum Gasteiger partial charge on any atom is -0.460 e. The highest BCUT2D eigenvalue weighted by Gasteiger charge is 2.28. The van der Waals surface area contributed by atoms with Crippen molar-refractivity contribution in [1.82, 2.24) is 0 Å². The summed E-state index contributed by atoms with van der Waals surface area (Å²) in [6, 6.07) is 8.54. The molecule has 0 spiro atoms. The van der Waals surface area contributed by atoms with Crippen molar-refractivity contribution in [2.45, 2.75) is 6.92 Å². The van der Waals surface area contributed by atoms with E-state index in [-0.39, 0.29) is 25.4 Å². The van der Waals surface area contributed by atoms with Crippen molar-refractivity contribution in [3.63, 3.8) is 0 Å². The Bertz CT molecular complexity index is 533. The summed E-state index contributed by atoms with van der Waals surface area (Å²) in [5, 5.41) is 0.475. The van der Waals surface area contributed by atoms with Gasteiger partial charge in [-0.3, -0.25) is 9.05 Å². The molecule has 6 nitrogen and oxygen atoms in total. The maximum absolute atomic E-state index is 12.5. The van der Waals surface area contributed by atoms with E-state index in [1.54, 1.807) is 30.3 Å². The highest BCUT2D eigenvalue weighted by atomic mass is 79.9. The van der Waals surface area contributed by atoms with Crippen LogP contribution in [0.15, 0.2) is 42.5 Å². The largest absolute Gasteiger partial charge is 0.530 e. The number of esters is 1. The summed E-state index contributed by atoms with van der Waals surface area (Å²) in [5.41, 5.74) is 0.277. The van der Waals surface area contributed by atoms with E-state index in [1.807, 2.05) is 0 Å². The molecule has 0 radical (unpaired) electrons. The van der Waals surface area contributed by atoms with Gasteiger partial charge in [-0.15, -0.1) is 0 Å². The lowest BCUT2D eigenvalue weighted by Gasteiger charge is -2.18. The molecule has 0 aliphatic heterocycles. The number of benzene rings is 1. The summed E-state index contributed by atoms with van der Waals surface area (Å²) < 4.78 is 32.9. The lowest BCUT2D eigenvalue weighted by atomic mass is 10.3. The third kappa shape index (κ3) is 7.22. The molecule has 0 heterocycles. The van der Waals surface area contributed by atoms with Crippen molar-refractivity contribution in [3.05, 3.63) is 42.5 Å². The van der Waals surface area contributed by atoms with E-state index in [9.17, 15) is 9.36 Å². The molecular weight excluding hydrogens is 375 g/mol. The fraction of sp³-hybridized carbons (Fsp3) is 0.357. The number of hydrogen-bond acceptors (Lipinski definition) is 6. The van der Waals surface area contributed by atoms with Gasteiger partial charge < -0.3 is 9.26 Å². The van der Waals surface area contributed by atoms with Gasteiger partial charge in [0.05, 0.1) is 13.2 Å². The van der Waals surface area contributed by atoms with Crippen LogP contribution in [0, 0.1) is 0 Å². The van der Waals surface area contributed by atoms with Crippen LogP contribution in [0.25, 0.3) is 0 Å². The molecule has 1 atom stereocenters. The summed E-state index contributed by atoms with van der Waals surface area (Å²) in [6.45, 7) is 4.94. The van der Waals surface area contributed by atoms with Crippen molar-refractivity contribution >= 4 is 29.7 Å². The minimum absolute atomic E-state index is 0.0779.